The van der Waals surface area contributed by atoms with E-state index in [1.807, 2.05) is 14.0 Å². The van der Waals surface area contributed by atoms with E-state index < -0.39 is 35.5 Å². The molecule has 0 aliphatic carbocycles. The number of Topliss-reactive ketones (excluding diaryl/α,β-unsaturated/α-hetero) is 1. The number of alkyl carbamates (subject to hydrolysis) is 1. The first-order chi connectivity index (χ1) is 16.8. The maximum atomic E-state index is 12.5. The normalized spacial score (nSPS) is 13.0. The van der Waals surface area contributed by atoms with Crippen LogP contribution in [0.1, 0.15) is 79.6 Å². The molecule has 208 valence electrons. The predicted octanol–water partition coefficient (Wildman–Crippen LogP) is 2.08. The lowest BCUT2D eigenvalue weighted by Crippen LogP contribution is -2.49. The predicted molar refractivity (Wildman–Crippen MR) is 136 cm³/mol. The summed E-state index contributed by atoms with van der Waals surface area (Å²) in [6.45, 7) is 10.4. The Balaban J connectivity index is 4.34. The third kappa shape index (κ3) is 16.9. The van der Waals surface area contributed by atoms with Gasteiger partial charge in [-0.2, -0.15) is 0 Å². The quantitative estimate of drug-likeness (QED) is 0.203. The largest absolute Gasteiger partial charge is 0.481 e. The SMILES string of the molecule is CCC(CC(=O)CNC(=O)C(CC)NC(=O)OC(C)(C)C)C(=O)NCCN(C)CCCCCC(=O)O. The Hall–Kier alpha value is -2.69. The number of nitrogens with one attached hydrogen (secondary N) is 3. The molecular formula is C25H46N4O7. The average Bonchev–Trinajstić information content (AvgIpc) is 2.77. The number of amides is 3. The molecule has 0 bridgehead atoms. The summed E-state index contributed by atoms with van der Waals surface area (Å²) in [7, 11) is 1.94. The highest BCUT2D eigenvalue weighted by molar-refractivity contribution is 5.92. The van der Waals surface area contributed by atoms with E-state index in [1.54, 1.807) is 27.7 Å². The standard InChI is InChI=1S/C25H46N4O7/c1-7-18(22(33)26-13-15-29(6)14-11-9-10-12-21(31)32)16-19(30)17-27-23(34)20(8-2)28-24(35)36-25(3,4)5/h18,20H,7-17H2,1-6H3,(H,26,33)(H,27,34)(H,28,35)(H,31,32). The minimum absolute atomic E-state index is 0.0122. The summed E-state index contributed by atoms with van der Waals surface area (Å²) in [5.41, 5.74) is -0.691. The second kappa shape index (κ2) is 17.7. The van der Waals surface area contributed by atoms with Gasteiger partial charge in [0.1, 0.15) is 11.6 Å². The molecule has 0 aromatic rings. The molecule has 11 heteroatoms. The topological polar surface area (TPSA) is 154 Å². The number of carboxylic acid groups (broad SMARTS) is 1. The number of hydrogen-bond acceptors (Lipinski definition) is 7. The Kier molecular flexibility index (Phi) is 16.4. The molecule has 0 fully saturated rings. The molecule has 4 N–H and O–H groups in total. The zero-order chi connectivity index (χ0) is 27.7. The number of carboxylic acids is 1. The molecule has 0 aromatic heterocycles. The van der Waals surface area contributed by atoms with Crippen LogP contribution < -0.4 is 16.0 Å². The fourth-order valence-electron chi connectivity index (χ4n) is 3.34. The number of aliphatic carboxylic acids is 1. The lowest BCUT2D eigenvalue weighted by Gasteiger charge is -2.22. The van der Waals surface area contributed by atoms with Crippen LogP contribution in [0.25, 0.3) is 0 Å². The molecule has 0 saturated carbocycles. The second-order valence-electron chi connectivity index (χ2n) is 9.97. The van der Waals surface area contributed by atoms with E-state index in [9.17, 15) is 24.0 Å². The third-order valence-electron chi connectivity index (χ3n) is 5.44. The van der Waals surface area contributed by atoms with Crippen LogP contribution in [0.5, 0.6) is 0 Å². The van der Waals surface area contributed by atoms with Crippen LogP contribution in [0, 0.1) is 5.92 Å². The van der Waals surface area contributed by atoms with Crippen LogP contribution in [-0.4, -0.2) is 84.5 Å². The summed E-state index contributed by atoms with van der Waals surface area (Å²) in [5.74, 6) is -2.23. The fraction of sp³-hybridized carbons (Fsp3) is 0.800. The molecule has 2 unspecified atom stereocenters. The number of unbranched alkanes of at least 4 members (excludes halogenated alkanes) is 2. The van der Waals surface area contributed by atoms with E-state index in [2.05, 4.69) is 20.9 Å². The van der Waals surface area contributed by atoms with Gasteiger partial charge in [0, 0.05) is 31.8 Å². The molecular weight excluding hydrogens is 468 g/mol. The Labute approximate surface area is 215 Å². The lowest BCUT2D eigenvalue weighted by atomic mass is 9.98. The number of ketones is 1. The van der Waals surface area contributed by atoms with Crippen molar-refractivity contribution >= 4 is 29.7 Å². The number of rotatable bonds is 18. The van der Waals surface area contributed by atoms with Crippen LogP contribution in [0.4, 0.5) is 4.79 Å². The highest BCUT2D eigenvalue weighted by Crippen LogP contribution is 2.10. The van der Waals surface area contributed by atoms with Crippen molar-refractivity contribution in [3.05, 3.63) is 0 Å². The first kappa shape index (κ1) is 33.3. The van der Waals surface area contributed by atoms with E-state index >= 15 is 0 Å². The summed E-state index contributed by atoms with van der Waals surface area (Å²) in [5, 5.41) is 16.5. The van der Waals surface area contributed by atoms with Crippen molar-refractivity contribution in [2.75, 3.05) is 33.2 Å². The second-order valence-corrected chi connectivity index (χ2v) is 9.97. The molecule has 0 aliphatic rings. The van der Waals surface area contributed by atoms with Gasteiger partial charge in [0.25, 0.3) is 0 Å². The molecule has 0 spiro atoms. The molecule has 0 heterocycles. The van der Waals surface area contributed by atoms with Crippen molar-refractivity contribution in [3.63, 3.8) is 0 Å². The van der Waals surface area contributed by atoms with Crippen molar-refractivity contribution < 1.29 is 33.8 Å². The summed E-state index contributed by atoms with van der Waals surface area (Å²) in [6, 6.07) is -0.827. The Morgan fingerprint density at radius 2 is 1.58 bits per heavy atom. The maximum absolute atomic E-state index is 12.5. The van der Waals surface area contributed by atoms with Gasteiger partial charge in [0.05, 0.1) is 6.54 Å². The molecule has 3 amide bonds. The van der Waals surface area contributed by atoms with Crippen LogP contribution >= 0.6 is 0 Å². The first-order valence-corrected chi connectivity index (χ1v) is 12.8. The van der Waals surface area contributed by atoms with E-state index in [0.29, 0.717) is 32.4 Å². The number of likely N-dealkylation sites (N-methyl/N-ethyl adjacent to an activating group) is 1. The number of nitrogens with zero attached hydrogens (tertiary/aromatic N) is 1. The minimum Gasteiger partial charge on any atom is -0.481 e. The van der Waals surface area contributed by atoms with Gasteiger partial charge in [-0.05, 0) is 60.0 Å². The molecule has 0 radical (unpaired) electrons. The zero-order valence-electron chi connectivity index (χ0n) is 22.8. The number of carbonyl (C=O) groups excluding carboxylic acids is 4. The summed E-state index contributed by atoms with van der Waals surface area (Å²) in [6.07, 6.45) is 2.70. The van der Waals surface area contributed by atoms with Gasteiger partial charge in [-0.25, -0.2) is 4.79 Å². The van der Waals surface area contributed by atoms with Crippen molar-refractivity contribution in [1.29, 1.82) is 0 Å². The first-order valence-electron chi connectivity index (χ1n) is 12.8. The zero-order valence-corrected chi connectivity index (χ0v) is 22.8. The Bertz CT molecular complexity index is 722. The van der Waals surface area contributed by atoms with Crippen LogP contribution in [0.2, 0.25) is 0 Å². The van der Waals surface area contributed by atoms with Crippen LogP contribution in [0.15, 0.2) is 0 Å². The number of carbonyl (C=O) groups is 5. The van der Waals surface area contributed by atoms with Gasteiger partial charge in [-0.1, -0.05) is 20.3 Å². The van der Waals surface area contributed by atoms with Gasteiger partial charge in [-0.3, -0.25) is 19.2 Å². The summed E-state index contributed by atoms with van der Waals surface area (Å²) in [4.78, 5) is 61.8. The number of ether oxygens (including phenoxy) is 1. The monoisotopic (exact) mass is 514 g/mol. The lowest BCUT2D eigenvalue weighted by molar-refractivity contribution is -0.137. The highest BCUT2D eigenvalue weighted by Gasteiger charge is 2.24. The van der Waals surface area contributed by atoms with Gasteiger partial charge in [0.15, 0.2) is 5.78 Å². The van der Waals surface area contributed by atoms with Crippen LogP contribution in [-0.2, 0) is 23.9 Å². The average molecular weight is 515 g/mol. The molecule has 0 saturated heterocycles. The van der Waals surface area contributed by atoms with Gasteiger partial charge < -0.3 is 30.7 Å². The van der Waals surface area contributed by atoms with Gasteiger partial charge in [-0.15, -0.1) is 0 Å². The van der Waals surface area contributed by atoms with Crippen molar-refractivity contribution in [1.82, 2.24) is 20.9 Å². The van der Waals surface area contributed by atoms with E-state index in [4.69, 9.17) is 9.84 Å². The Morgan fingerprint density at radius 1 is 0.917 bits per heavy atom. The van der Waals surface area contributed by atoms with E-state index in [0.717, 1.165) is 19.4 Å². The van der Waals surface area contributed by atoms with Crippen molar-refractivity contribution in [3.8, 4) is 0 Å². The van der Waals surface area contributed by atoms with Crippen molar-refractivity contribution in [2.24, 2.45) is 5.92 Å². The minimum atomic E-state index is -0.827. The molecule has 36 heavy (non-hydrogen) atoms. The molecule has 2 atom stereocenters. The molecule has 0 aromatic carbocycles. The number of hydrogen-bond donors (Lipinski definition) is 4. The summed E-state index contributed by atoms with van der Waals surface area (Å²) >= 11 is 0. The van der Waals surface area contributed by atoms with E-state index in [1.165, 1.54) is 0 Å². The Morgan fingerprint density at radius 3 is 2.14 bits per heavy atom. The van der Waals surface area contributed by atoms with Crippen molar-refractivity contribution in [2.45, 2.75) is 91.2 Å². The summed E-state index contributed by atoms with van der Waals surface area (Å²) < 4.78 is 5.16. The molecule has 0 aliphatic heterocycles. The molecule has 11 nitrogen and oxygen atoms in total. The fourth-order valence-corrected chi connectivity index (χ4v) is 3.34. The van der Waals surface area contributed by atoms with E-state index in [-0.39, 0.29) is 31.1 Å². The maximum Gasteiger partial charge on any atom is 0.408 e. The highest BCUT2D eigenvalue weighted by atomic mass is 16.6. The third-order valence-corrected chi connectivity index (χ3v) is 5.44. The van der Waals surface area contributed by atoms with Gasteiger partial charge in [0.2, 0.25) is 11.8 Å². The molecule has 0 rings (SSSR count). The van der Waals surface area contributed by atoms with Crippen LogP contribution in [0.3, 0.4) is 0 Å². The smallest absolute Gasteiger partial charge is 0.408 e. The van der Waals surface area contributed by atoms with Gasteiger partial charge >= 0.3 is 12.1 Å².